The molecule has 1 amide bonds. The topological polar surface area (TPSA) is 72.2 Å². The molecule has 0 saturated heterocycles. The first-order valence-electron chi connectivity index (χ1n) is 8.03. The number of aryl methyl sites for hydroxylation is 1. The van der Waals surface area contributed by atoms with Crippen LogP contribution >= 0.6 is 33.9 Å². The number of fused-ring (bicyclic) bond motifs is 1. The SMILES string of the molecule is CCc1nnc2sc(-c3ccc(NC(=O)c4ccccc4I)cc3)nn12. The number of benzene rings is 2. The Kier molecular flexibility index (Phi) is 4.68. The highest BCUT2D eigenvalue weighted by atomic mass is 127. The van der Waals surface area contributed by atoms with Crippen LogP contribution in [0.1, 0.15) is 23.1 Å². The summed E-state index contributed by atoms with van der Waals surface area (Å²) in [4.78, 5) is 13.2. The van der Waals surface area contributed by atoms with Crippen LogP contribution in [0.2, 0.25) is 0 Å². The van der Waals surface area contributed by atoms with Crippen molar-refractivity contribution in [2.45, 2.75) is 13.3 Å². The van der Waals surface area contributed by atoms with Gasteiger partial charge in [-0.3, -0.25) is 4.79 Å². The number of nitrogens with zero attached hydrogens (tertiary/aromatic N) is 4. The van der Waals surface area contributed by atoms with Gasteiger partial charge < -0.3 is 5.32 Å². The third-order valence-electron chi connectivity index (χ3n) is 3.88. The van der Waals surface area contributed by atoms with Crippen molar-refractivity contribution in [3.05, 3.63) is 63.5 Å². The Morgan fingerprint density at radius 3 is 2.65 bits per heavy atom. The summed E-state index contributed by atoms with van der Waals surface area (Å²) in [5, 5.41) is 16.6. The number of aromatic nitrogens is 4. The van der Waals surface area contributed by atoms with E-state index in [0.29, 0.717) is 5.56 Å². The fraction of sp³-hybridized carbons (Fsp3) is 0.111. The summed E-state index contributed by atoms with van der Waals surface area (Å²) in [6.45, 7) is 2.03. The van der Waals surface area contributed by atoms with Gasteiger partial charge >= 0.3 is 0 Å². The van der Waals surface area contributed by atoms with Crippen molar-refractivity contribution in [2.24, 2.45) is 0 Å². The van der Waals surface area contributed by atoms with Crippen molar-refractivity contribution in [3.8, 4) is 10.6 Å². The van der Waals surface area contributed by atoms with Gasteiger partial charge in [0, 0.05) is 21.2 Å². The molecule has 0 unspecified atom stereocenters. The van der Waals surface area contributed by atoms with E-state index in [-0.39, 0.29) is 5.91 Å². The second-order valence-electron chi connectivity index (χ2n) is 5.58. The maximum Gasteiger partial charge on any atom is 0.256 e. The van der Waals surface area contributed by atoms with E-state index in [1.54, 1.807) is 4.52 Å². The minimum atomic E-state index is -0.117. The monoisotopic (exact) mass is 475 g/mol. The van der Waals surface area contributed by atoms with Crippen molar-refractivity contribution in [3.63, 3.8) is 0 Å². The van der Waals surface area contributed by atoms with Gasteiger partial charge in [0.1, 0.15) is 5.01 Å². The first-order valence-corrected chi connectivity index (χ1v) is 9.92. The number of anilines is 1. The summed E-state index contributed by atoms with van der Waals surface area (Å²) in [6, 6.07) is 15.2. The molecular weight excluding hydrogens is 461 g/mol. The van der Waals surface area contributed by atoms with Crippen LogP contribution in [0.25, 0.3) is 15.5 Å². The molecule has 0 saturated carbocycles. The summed E-state index contributed by atoms with van der Waals surface area (Å²) in [6.07, 6.45) is 0.785. The number of amides is 1. The van der Waals surface area contributed by atoms with Crippen molar-refractivity contribution >= 4 is 50.5 Å². The zero-order valence-corrected chi connectivity index (χ0v) is 16.8. The van der Waals surface area contributed by atoms with Crippen LogP contribution in [0, 0.1) is 3.57 Å². The molecule has 0 bridgehead atoms. The largest absolute Gasteiger partial charge is 0.322 e. The first-order chi connectivity index (χ1) is 12.7. The highest BCUT2D eigenvalue weighted by Crippen LogP contribution is 2.27. The molecule has 1 N–H and O–H groups in total. The number of carbonyl (C=O) groups excluding carboxylic acids is 1. The van der Waals surface area contributed by atoms with E-state index < -0.39 is 0 Å². The van der Waals surface area contributed by atoms with Gasteiger partial charge in [0.25, 0.3) is 5.91 Å². The average molecular weight is 475 g/mol. The van der Waals surface area contributed by atoms with E-state index in [4.69, 9.17) is 0 Å². The lowest BCUT2D eigenvalue weighted by Crippen LogP contribution is -2.13. The molecule has 0 radical (unpaired) electrons. The molecule has 4 rings (SSSR count). The van der Waals surface area contributed by atoms with Gasteiger partial charge in [-0.2, -0.15) is 9.61 Å². The van der Waals surface area contributed by atoms with Crippen LogP contribution in [0.5, 0.6) is 0 Å². The quantitative estimate of drug-likeness (QED) is 0.448. The third kappa shape index (κ3) is 3.21. The number of halogens is 1. The number of carbonyl (C=O) groups is 1. The van der Waals surface area contributed by atoms with Crippen LogP contribution < -0.4 is 5.32 Å². The fourth-order valence-corrected chi connectivity index (χ4v) is 4.03. The molecule has 0 aliphatic rings. The Morgan fingerprint density at radius 2 is 1.92 bits per heavy atom. The maximum atomic E-state index is 12.4. The smallest absolute Gasteiger partial charge is 0.256 e. The normalized spacial score (nSPS) is 11.0. The Hall–Kier alpha value is -2.33. The summed E-state index contributed by atoms with van der Waals surface area (Å²) < 4.78 is 2.71. The Labute approximate surface area is 167 Å². The molecule has 0 aliphatic carbocycles. The lowest BCUT2D eigenvalue weighted by Gasteiger charge is -2.07. The third-order valence-corrected chi connectivity index (χ3v) is 5.77. The Morgan fingerprint density at radius 1 is 1.15 bits per heavy atom. The van der Waals surface area contributed by atoms with Crippen LogP contribution in [-0.2, 0) is 6.42 Å². The predicted molar refractivity (Wildman–Crippen MR) is 111 cm³/mol. The highest BCUT2D eigenvalue weighted by Gasteiger charge is 2.13. The first kappa shape index (κ1) is 17.1. The molecule has 0 atom stereocenters. The molecule has 6 nitrogen and oxygen atoms in total. The van der Waals surface area contributed by atoms with E-state index in [9.17, 15) is 4.79 Å². The second-order valence-corrected chi connectivity index (χ2v) is 7.70. The second kappa shape index (κ2) is 7.12. The number of hydrogen-bond donors (Lipinski definition) is 1. The van der Waals surface area contributed by atoms with Gasteiger partial charge in [0.15, 0.2) is 5.82 Å². The van der Waals surface area contributed by atoms with E-state index in [0.717, 1.165) is 37.0 Å². The molecule has 0 fully saturated rings. The molecule has 2 aromatic heterocycles. The van der Waals surface area contributed by atoms with Crippen LogP contribution in [-0.4, -0.2) is 25.7 Å². The average Bonchev–Trinajstić information content (AvgIpc) is 3.23. The van der Waals surface area contributed by atoms with Gasteiger partial charge in [-0.15, -0.1) is 10.2 Å². The minimum Gasteiger partial charge on any atom is -0.322 e. The zero-order chi connectivity index (χ0) is 18.1. The standard InChI is InChI=1S/C18H14IN5OS/c1-2-15-21-22-18-24(15)23-17(26-18)11-7-9-12(10-8-11)20-16(25)13-5-3-4-6-14(13)19/h3-10H,2H2,1H3,(H,20,25). The molecular formula is C18H14IN5OS. The zero-order valence-electron chi connectivity index (χ0n) is 13.8. The van der Waals surface area contributed by atoms with Gasteiger partial charge in [0.05, 0.1) is 5.56 Å². The van der Waals surface area contributed by atoms with Crippen LogP contribution in [0.15, 0.2) is 48.5 Å². The summed E-state index contributed by atoms with van der Waals surface area (Å²) >= 11 is 3.66. The number of hydrogen-bond acceptors (Lipinski definition) is 5. The number of rotatable bonds is 4. The van der Waals surface area contributed by atoms with Gasteiger partial charge in [-0.05, 0) is 59.0 Å². The van der Waals surface area contributed by atoms with E-state index >= 15 is 0 Å². The molecule has 8 heteroatoms. The van der Waals surface area contributed by atoms with Gasteiger partial charge in [0.2, 0.25) is 4.96 Å². The molecule has 0 aliphatic heterocycles. The highest BCUT2D eigenvalue weighted by molar-refractivity contribution is 14.1. The number of nitrogens with one attached hydrogen (secondary N) is 1. The molecule has 0 spiro atoms. The lowest BCUT2D eigenvalue weighted by molar-refractivity contribution is 0.102. The van der Waals surface area contributed by atoms with E-state index in [2.05, 4.69) is 43.2 Å². The van der Waals surface area contributed by atoms with E-state index in [1.165, 1.54) is 11.3 Å². The summed E-state index contributed by atoms with van der Waals surface area (Å²) in [5.74, 6) is 0.734. The minimum absolute atomic E-state index is 0.117. The molecule has 26 heavy (non-hydrogen) atoms. The summed E-state index contributed by atoms with van der Waals surface area (Å²) in [5.41, 5.74) is 2.39. The molecule has 4 aromatic rings. The fourth-order valence-electron chi connectivity index (χ4n) is 2.53. The molecule has 2 heterocycles. The maximum absolute atomic E-state index is 12.4. The lowest BCUT2D eigenvalue weighted by atomic mass is 10.2. The van der Waals surface area contributed by atoms with Crippen molar-refractivity contribution < 1.29 is 4.79 Å². The Balaban J connectivity index is 1.55. The molecule has 2 aromatic carbocycles. The van der Waals surface area contributed by atoms with Crippen molar-refractivity contribution in [1.82, 2.24) is 19.8 Å². The van der Waals surface area contributed by atoms with E-state index in [1.807, 2.05) is 55.5 Å². The van der Waals surface area contributed by atoms with Crippen LogP contribution in [0.4, 0.5) is 5.69 Å². The Bertz CT molecular complexity index is 1090. The summed E-state index contributed by atoms with van der Waals surface area (Å²) in [7, 11) is 0. The predicted octanol–water partition coefficient (Wildman–Crippen LogP) is 4.27. The van der Waals surface area contributed by atoms with Crippen molar-refractivity contribution in [2.75, 3.05) is 5.32 Å². The molecule has 130 valence electrons. The van der Waals surface area contributed by atoms with Gasteiger partial charge in [-0.1, -0.05) is 30.4 Å². The van der Waals surface area contributed by atoms with Crippen molar-refractivity contribution in [1.29, 1.82) is 0 Å². The van der Waals surface area contributed by atoms with Gasteiger partial charge in [-0.25, -0.2) is 0 Å². The van der Waals surface area contributed by atoms with Crippen LogP contribution in [0.3, 0.4) is 0 Å².